The summed E-state index contributed by atoms with van der Waals surface area (Å²) in [5, 5.41) is 1.61. The molecule has 0 saturated carbocycles. The number of halogens is 1. The molecule has 2 nitrogen and oxygen atoms in total. The smallest absolute Gasteiger partial charge is 0.221 e. The van der Waals surface area contributed by atoms with E-state index in [9.17, 15) is 4.39 Å². The van der Waals surface area contributed by atoms with Crippen LogP contribution in [0.4, 0.5) is 4.39 Å². The molecule has 0 saturated heterocycles. The lowest BCUT2D eigenvalue weighted by Crippen LogP contribution is -2.00. The number of hydrogen-bond donors (Lipinski definition) is 0. The number of hydrogen-bond acceptors (Lipinski definition) is 2. The molecule has 4 rings (SSSR count). The Hall–Kier alpha value is -3.20. The Labute approximate surface area is 151 Å². The van der Waals surface area contributed by atoms with Crippen LogP contribution in [-0.2, 0) is 0 Å². The van der Waals surface area contributed by atoms with Crippen molar-refractivity contribution in [3.8, 4) is 28.3 Å². The van der Waals surface area contributed by atoms with E-state index in [2.05, 4.69) is 0 Å². The predicted molar refractivity (Wildman–Crippen MR) is 104 cm³/mol. The van der Waals surface area contributed by atoms with Crippen molar-refractivity contribution in [2.45, 2.75) is 6.92 Å². The first-order valence-corrected chi connectivity index (χ1v) is 8.65. The maximum atomic E-state index is 14.1. The maximum absolute atomic E-state index is 14.1. The lowest BCUT2D eigenvalue weighted by atomic mass is 9.94. The Morgan fingerprint density at radius 1 is 0.808 bits per heavy atom. The average molecular weight is 343 g/mol. The van der Waals surface area contributed by atoms with Gasteiger partial charge in [0, 0.05) is 16.5 Å². The first kappa shape index (κ1) is 16.3. The number of fused-ring (bicyclic) bond motifs is 1. The number of benzene rings is 3. The number of pyridine rings is 1. The van der Waals surface area contributed by atoms with Crippen LogP contribution in [0, 0.1) is 5.82 Å². The van der Waals surface area contributed by atoms with Gasteiger partial charge in [-0.3, -0.25) is 0 Å². The molecule has 0 aliphatic carbocycles. The first-order valence-electron chi connectivity index (χ1n) is 8.65. The molecule has 0 fully saturated rings. The van der Waals surface area contributed by atoms with Gasteiger partial charge >= 0.3 is 0 Å². The van der Waals surface area contributed by atoms with E-state index in [1.165, 1.54) is 6.07 Å². The molecule has 1 aromatic heterocycles. The molecule has 1 heterocycles. The fourth-order valence-corrected chi connectivity index (χ4v) is 3.20. The zero-order chi connectivity index (χ0) is 17.9. The second-order valence-corrected chi connectivity index (χ2v) is 6.00. The van der Waals surface area contributed by atoms with Crippen LogP contribution in [0.3, 0.4) is 0 Å². The van der Waals surface area contributed by atoms with Crippen LogP contribution in [0.25, 0.3) is 33.2 Å². The fraction of sp³-hybridized carbons (Fsp3) is 0.0870. The molecule has 0 aliphatic rings. The number of aromatic nitrogens is 1. The topological polar surface area (TPSA) is 22.1 Å². The zero-order valence-electron chi connectivity index (χ0n) is 14.4. The largest absolute Gasteiger partial charge is 0.478 e. The monoisotopic (exact) mass is 343 g/mol. The van der Waals surface area contributed by atoms with Crippen molar-refractivity contribution in [2.75, 3.05) is 6.61 Å². The standard InChI is InChI=1S/C23H18FNO/c1-2-26-23-19-14-13-18(24)15-20(19)21(16-9-5-3-6-10-16)22(25-23)17-11-7-4-8-12-17/h3-15H,2H2,1H3. The van der Waals surface area contributed by atoms with Gasteiger partial charge in [-0.1, -0.05) is 60.7 Å². The summed E-state index contributed by atoms with van der Waals surface area (Å²) in [6, 6.07) is 24.7. The van der Waals surface area contributed by atoms with Gasteiger partial charge in [-0.25, -0.2) is 9.37 Å². The van der Waals surface area contributed by atoms with E-state index in [0.717, 1.165) is 33.2 Å². The second-order valence-electron chi connectivity index (χ2n) is 6.00. The van der Waals surface area contributed by atoms with Crippen LogP contribution in [0.5, 0.6) is 5.88 Å². The molecule has 0 aliphatic heterocycles. The van der Waals surface area contributed by atoms with Crippen molar-refractivity contribution < 1.29 is 9.13 Å². The Kier molecular flexibility index (Phi) is 4.36. The lowest BCUT2D eigenvalue weighted by Gasteiger charge is -2.16. The predicted octanol–water partition coefficient (Wildman–Crippen LogP) is 6.11. The highest BCUT2D eigenvalue weighted by molar-refractivity contribution is 6.04. The third-order valence-electron chi connectivity index (χ3n) is 4.32. The summed E-state index contributed by atoms with van der Waals surface area (Å²) in [6.07, 6.45) is 0. The summed E-state index contributed by atoms with van der Waals surface area (Å²) in [7, 11) is 0. The fourth-order valence-electron chi connectivity index (χ4n) is 3.20. The average Bonchev–Trinajstić information content (AvgIpc) is 2.69. The van der Waals surface area contributed by atoms with E-state index in [1.807, 2.05) is 67.6 Å². The van der Waals surface area contributed by atoms with Gasteiger partial charge in [-0.05, 0) is 36.1 Å². The van der Waals surface area contributed by atoms with Crippen LogP contribution >= 0.6 is 0 Å². The number of ether oxygens (including phenoxy) is 1. The molecule has 4 aromatic rings. The molecule has 0 atom stereocenters. The summed E-state index contributed by atoms with van der Waals surface area (Å²) >= 11 is 0. The highest BCUT2D eigenvalue weighted by atomic mass is 19.1. The van der Waals surface area contributed by atoms with Crippen LogP contribution < -0.4 is 4.74 Å². The van der Waals surface area contributed by atoms with Gasteiger partial charge < -0.3 is 4.74 Å². The van der Waals surface area contributed by atoms with Crippen molar-refractivity contribution in [1.29, 1.82) is 0 Å². The van der Waals surface area contributed by atoms with Gasteiger partial charge in [-0.15, -0.1) is 0 Å². The van der Waals surface area contributed by atoms with Crippen LogP contribution in [0.15, 0.2) is 78.9 Å². The molecule has 0 amide bonds. The summed E-state index contributed by atoms with van der Waals surface area (Å²) in [5.41, 5.74) is 3.67. The van der Waals surface area contributed by atoms with E-state index < -0.39 is 0 Å². The molecule has 0 bridgehead atoms. The zero-order valence-corrected chi connectivity index (χ0v) is 14.4. The van der Waals surface area contributed by atoms with Gasteiger partial charge in [0.15, 0.2) is 0 Å². The minimum atomic E-state index is -0.276. The lowest BCUT2D eigenvalue weighted by molar-refractivity contribution is 0.332. The molecule has 0 unspecified atom stereocenters. The number of nitrogens with zero attached hydrogens (tertiary/aromatic N) is 1. The summed E-state index contributed by atoms with van der Waals surface area (Å²) in [6.45, 7) is 2.42. The number of rotatable bonds is 4. The third kappa shape index (κ3) is 2.92. The van der Waals surface area contributed by atoms with Crippen molar-refractivity contribution in [3.05, 3.63) is 84.7 Å². The molecule has 0 radical (unpaired) electrons. The minimum Gasteiger partial charge on any atom is -0.478 e. The molecule has 0 spiro atoms. The first-order chi connectivity index (χ1) is 12.8. The van der Waals surface area contributed by atoms with Gasteiger partial charge in [0.25, 0.3) is 0 Å². The van der Waals surface area contributed by atoms with E-state index in [0.29, 0.717) is 12.5 Å². The minimum absolute atomic E-state index is 0.276. The summed E-state index contributed by atoms with van der Waals surface area (Å²) in [4.78, 5) is 4.82. The van der Waals surface area contributed by atoms with Crippen molar-refractivity contribution in [1.82, 2.24) is 4.98 Å². The molecule has 26 heavy (non-hydrogen) atoms. The summed E-state index contributed by atoms with van der Waals surface area (Å²) < 4.78 is 19.9. The van der Waals surface area contributed by atoms with E-state index in [4.69, 9.17) is 9.72 Å². The molecular formula is C23H18FNO. The highest BCUT2D eigenvalue weighted by Crippen LogP contribution is 2.40. The normalized spacial score (nSPS) is 10.8. The molecule has 3 aromatic carbocycles. The Balaban J connectivity index is 2.14. The maximum Gasteiger partial charge on any atom is 0.221 e. The van der Waals surface area contributed by atoms with Crippen LogP contribution in [0.1, 0.15) is 6.92 Å². The van der Waals surface area contributed by atoms with E-state index in [1.54, 1.807) is 12.1 Å². The van der Waals surface area contributed by atoms with Crippen molar-refractivity contribution in [2.24, 2.45) is 0 Å². The third-order valence-corrected chi connectivity index (χ3v) is 4.32. The molecule has 0 N–H and O–H groups in total. The van der Waals surface area contributed by atoms with Gasteiger partial charge in [0.2, 0.25) is 5.88 Å². The van der Waals surface area contributed by atoms with Crippen molar-refractivity contribution >= 4 is 10.8 Å². The quantitative estimate of drug-likeness (QED) is 0.446. The second kappa shape index (κ2) is 6.96. The van der Waals surface area contributed by atoms with Crippen LogP contribution in [-0.4, -0.2) is 11.6 Å². The van der Waals surface area contributed by atoms with E-state index in [-0.39, 0.29) is 5.82 Å². The molecular weight excluding hydrogens is 325 g/mol. The molecule has 128 valence electrons. The van der Waals surface area contributed by atoms with Crippen LogP contribution in [0.2, 0.25) is 0 Å². The van der Waals surface area contributed by atoms with Crippen molar-refractivity contribution in [3.63, 3.8) is 0 Å². The summed E-state index contributed by atoms with van der Waals surface area (Å²) in [5.74, 6) is 0.253. The highest BCUT2D eigenvalue weighted by Gasteiger charge is 2.18. The SMILES string of the molecule is CCOc1nc(-c2ccccc2)c(-c2ccccc2)c2cc(F)ccc12. The van der Waals surface area contributed by atoms with Gasteiger partial charge in [-0.2, -0.15) is 0 Å². The molecule has 3 heteroatoms. The Morgan fingerprint density at radius 2 is 1.46 bits per heavy atom. The Morgan fingerprint density at radius 3 is 2.12 bits per heavy atom. The Bertz CT molecular complexity index is 1050. The van der Waals surface area contributed by atoms with E-state index >= 15 is 0 Å². The van der Waals surface area contributed by atoms with Gasteiger partial charge in [0.05, 0.1) is 12.3 Å². The van der Waals surface area contributed by atoms with Gasteiger partial charge in [0.1, 0.15) is 5.82 Å².